The fraction of sp³-hybridized carbons (Fsp3) is 0.343. The zero-order valence-corrected chi connectivity index (χ0v) is 27.0. The Hall–Kier alpha value is -4.57. The molecule has 234 valence electrons. The van der Waals surface area contributed by atoms with E-state index in [1.807, 2.05) is 31.6 Å². The molecule has 2 saturated carbocycles. The first-order valence-electron chi connectivity index (χ1n) is 15.7. The molecule has 8 rings (SSSR count). The molecule has 0 radical (unpaired) electrons. The van der Waals surface area contributed by atoms with Crippen LogP contribution in [0.4, 0.5) is 4.39 Å². The maximum Gasteiger partial charge on any atom is 0.253 e. The van der Waals surface area contributed by atoms with Crippen molar-refractivity contribution in [3.05, 3.63) is 82.4 Å². The van der Waals surface area contributed by atoms with E-state index in [1.54, 1.807) is 47.7 Å². The van der Waals surface area contributed by atoms with Gasteiger partial charge in [0.1, 0.15) is 12.0 Å². The molecule has 6 aromatic rings. The van der Waals surface area contributed by atoms with Gasteiger partial charge in [0.25, 0.3) is 5.91 Å². The van der Waals surface area contributed by atoms with Crippen LogP contribution in [-0.2, 0) is 20.6 Å². The van der Waals surface area contributed by atoms with Gasteiger partial charge in [-0.15, -0.1) is 0 Å². The Morgan fingerprint density at radius 3 is 2.43 bits per heavy atom. The summed E-state index contributed by atoms with van der Waals surface area (Å²) in [6.45, 7) is 0.0250. The fourth-order valence-corrected chi connectivity index (χ4v) is 6.76. The van der Waals surface area contributed by atoms with Gasteiger partial charge in [0.15, 0.2) is 5.65 Å². The Labute approximate surface area is 270 Å². The Morgan fingerprint density at radius 1 is 1.00 bits per heavy atom. The second-order valence-corrected chi connectivity index (χ2v) is 13.3. The number of aromatic nitrogens is 7. The summed E-state index contributed by atoms with van der Waals surface area (Å²) in [6, 6.07) is 12.6. The summed E-state index contributed by atoms with van der Waals surface area (Å²) in [7, 11) is 7.40. The molecule has 0 unspecified atom stereocenters. The molecule has 2 aliphatic rings. The summed E-state index contributed by atoms with van der Waals surface area (Å²) in [5, 5.41) is 11.7. The first kappa shape index (κ1) is 28.9. The molecule has 0 spiro atoms. The molecule has 2 aromatic carbocycles. The van der Waals surface area contributed by atoms with Gasteiger partial charge in [-0.2, -0.15) is 10.2 Å². The van der Waals surface area contributed by atoms with Crippen molar-refractivity contribution in [3.8, 4) is 22.6 Å². The summed E-state index contributed by atoms with van der Waals surface area (Å²) < 4.78 is 21.2. The summed E-state index contributed by atoms with van der Waals surface area (Å²) in [5.74, 6) is 1.55. The van der Waals surface area contributed by atoms with E-state index in [0.717, 1.165) is 81.7 Å². The van der Waals surface area contributed by atoms with E-state index < -0.39 is 6.17 Å². The third-order valence-corrected chi connectivity index (χ3v) is 9.46. The van der Waals surface area contributed by atoms with E-state index in [0.29, 0.717) is 28.0 Å². The number of aryl methyl sites for hydroxylation is 1. The monoisotopic (exact) mass is 636 g/mol. The van der Waals surface area contributed by atoms with Crippen molar-refractivity contribution in [2.45, 2.75) is 50.2 Å². The summed E-state index contributed by atoms with van der Waals surface area (Å²) in [5.41, 5.74) is 7.41. The number of benzene rings is 2. The first-order valence-corrected chi connectivity index (χ1v) is 16.1. The number of carbonyl (C=O) groups is 1. The van der Waals surface area contributed by atoms with E-state index in [2.05, 4.69) is 22.8 Å². The number of carbonyl (C=O) groups excluding carboxylic acids is 1. The minimum absolute atomic E-state index is 0.0250. The number of pyridine rings is 1. The predicted molar refractivity (Wildman–Crippen MR) is 177 cm³/mol. The van der Waals surface area contributed by atoms with Crippen LogP contribution in [0.3, 0.4) is 0 Å². The normalized spacial score (nSPS) is 15.6. The average Bonchev–Trinajstić information content (AvgIpc) is 3.95. The van der Waals surface area contributed by atoms with Crippen LogP contribution in [0.15, 0.2) is 54.9 Å². The molecular weight excluding hydrogens is 603 g/mol. The number of alkyl halides is 1. The second-order valence-electron chi connectivity index (χ2n) is 12.9. The lowest BCUT2D eigenvalue weighted by molar-refractivity contribution is 0.0827. The Morgan fingerprint density at radius 2 is 1.74 bits per heavy atom. The Kier molecular flexibility index (Phi) is 6.75. The number of nitrogens with zero attached hydrogens (tertiary/aromatic N) is 8. The smallest absolute Gasteiger partial charge is 0.253 e. The molecular formula is C35H34ClFN8O. The number of hydrogen-bond acceptors (Lipinski definition) is 5. The van der Waals surface area contributed by atoms with Gasteiger partial charge in [0.2, 0.25) is 0 Å². The molecule has 0 N–H and O–H groups in total. The molecule has 2 fully saturated rings. The second kappa shape index (κ2) is 10.8. The van der Waals surface area contributed by atoms with E-state index in [1.165, 1.54) is 4.90 Å². The maximum absolute atomic E-state index is 15.6. The van der Waals surface area contributed by atoms with Gasteiger partial charge >= 0.3 is 0 Å². The van der Waals surface area contributed by atoms with Crippen molar-refractivity contribution in [1.82, 2.24) is 39.0 Å². The Balaban J connectivity index is 1.19. The van der Waals surface area contributed by atoms with Crippen molar-refractivity contribution in [3.63, 3.8) is 0 Å². The van der Waals surface area contributed by atoms with Crippen LogP contribution in [0.5, 0.6) is 0 Å². The van der Waals surface area contributed by atoms with Crippen LogP contribution >= 0.6 is 11.6 Å². The van der Waals surface area contributed by atoms with Crippen molar-refractivity contribution in [2.75, 3.05) is 14.1 Å². The third kappa shape index (κ3) is 4.95. The minimum Gasteiger partial charge on any atom is -0.345 e. The topological polar surface area (TPSA) is 86.7 Å². The Bertz CT molecular complexity index is 2150. The lowest BCUT2D eigenvalue weighted by Crippen LogP contribution is -2.21. The standard InChI is InChI=1S/C35H34ClFN8O/c1-42(2)35(46)22-11-5-19(6-12-22)27(37)18-45-17-25-28(40-45)14-13-26(36)29(25)31-32(21-9-10-21)44(4)34(39-31)24-15-23-16-43(3)41-33(23)38-30(24)20-7-8-20/h5-6,11-17,20-21,27H,7-10,18H2,1-4H3/t27-/m0/s1. The molecule has 2 aliphatic carbocycles. The van der Waals surface area contributed by atoms with Crippen molar-refractivity contribution in [1.29, 1.82) is 0 Å². The van der Waals surface area contributed by atoms with Crippen LogP contribution in [0.2, 0.25) is 5.02 Å². The highest BCUT2D eigenvalue weighted by molar-refractivity contribution is 6.35. The zero-order chi connectivity index (χ0) is 31.9. The van der Waals surface area contributed by atoms with E-state index >= 15 is 4.39 Å². The quantitative estimate of drug-likeness (QED) is 0.176. The molecule has 11 heteroatoms. The average molecular weight is 637 g/mol. The van der Waals surface area contributed by atoms with Crippen LogP contribution in [0.25, 0.3) is 44.6 Å². The molecule has 9 nitrogen and oxygen atoms in total. The van der Waals surface area contributed by atoms with Crippen molar-refractivity contribution >= 4 is 39.4 Å². The van der Waals surface area contributed by atoms with Gasteiger partial charge < -0.3 is 9.47 Å². The van der Waals surface area contributed by atoms with Gasteiger partial charge in [-0.25, -0.2) is 14.4 Å². The number of amides is 1. The van der Waals surface area contributed by atoms with E-state index in [9.17, 15) is 4.79 Å². The first-order chi connectivity index (χ1) is 22.2. The number of imidazole rings is 1. The van der Waals surface area contributed by atoms with Crippen molar-refractivity contribution < 1.29 is 9.18 Å². The molecule has 0 saturated heterocycles. The van der Waals surface area contributed by atoms with Crippen molar-refractivity contribution in [2.24, 2.45) is 14.1 Å². The van der Waals surface area contributed by atoms with Gasteiger partial charge in [0, 0.05) is 85.6 Å². The predicted octanol–water partition coefficient (Wildman–Crippen LogP) is 7.21. The third-order valence-electron chi connectivity index (χ3n) is 9.14. The molecule has 46 heavy (non-hydrogen) atoms. The number of hydrogen-bond donors (Lipinski definition) is 0. The van der Waals surface area contributed by atoms with Crippen LogP contribution in [0.1, 0.15) is 71.0 Å². The maximum atomic E-state index is 15.6. The SMILES string of the molecule is CN(C)C(=O)c1ccc([C@@H](F)Cn2cc3c(-c4nc(-c5cc6cn(C)nc6nc5C5CC5)n(C)c4C4CC4)c(Cl)ccc3n2)cc1. The molecule has 4 aromatic heterocycles. The molecule has 1 amide bonds. The highest BCUT2D eigenvalue weighted by atomic mass is 35.5. The fourth-order valence-electron chi connectivity index (χ4n) is 6.51. The van der Waals surface area contributed by atoms with Crippen LogP contribution in [0, 0.1) is 0 Å². The van der Waals surface area contributed by atoms with Gasteiger partial charge in [-0.1, -0.05) is 23.7 Å². The highest BCUT2D eigenvalue weighted by Gasteiger charge is 2.36. The number of halogens is 2. The van der Waals surface area contributed by atoms with Gasteiger partial charge in [-0.3, -0.25) is 14.2 Å². The molecule has 4 heterocycles. The summed E-state index contributed by atoms with van der Waals surface area (Å²) >= 11 is 6.97. The summed E-state index contributed by atoms with van der Waals surface area (Å²) in [4.78, 5) is 24.1. The minimum atomic E-state index is -1.31. The number of rotatable bonds is 8. The number of fused-ring (bicyclic) bond motifs is 2. The highest BCUT2D eigenvalue weighted by Crippen LogP contribution is 2.50. The lowest BCUT2D eigenvalue weighted by atomic mass is 10.0. The zero-order valence-electron chi connectivity index (χ0n) is 26.2. The molecule has 0 aliphatic heterocycles. The molecule has 1 atom stereocenters. The largest absolute Gasteiger partial charge is 0.345 e. The lowest BCUT2D eigenvalue weighted by Gasteiger charge is -2.12. The van der Waals surface area contributed by atoms with E-state index in [-0.39, 0.29) is 12.5 Å². The van der Waals surface area contributed by atoms with E-state index in [4.69, 9.17) is 26.7 Å². The van der Waals surface area contributed by atoms with Crippen LogP contribution < -0.4 is 0 Å². The van der Waals surface area contributed by atoms with Gasteiger partial charge in [0.05, 0.1) is 28.5 Å². The summed E-state index contributed by atoms with van der Waals surface area (Å²) in [6.07, 6.45) is 6.98. The molecule has 0 bridgehead atoms. The van der Waals surface area contributed by atoms with Gasteiger partial charge in [-0.05, 0) is 61.6 Å². The van der Waals surface area contributed by atoms with Crippen LogP contribution in [-0.4, -0.2) is 59.0 Å².